The fraction of sp³-hybridized carbons (Fsp3) is 0.385. The molecule has 1 unspecified atom stereocenters. The number of amides is 1. The number of nitrogen functional groups attached to an aromatic ring is 1. The van der Waals surface area contributed by atoms with E-state index in [4.69, 9.17) is 5.73 Å². The maximum absolute atomic E-state index is 12.5. The third kappa shape index (κ3) is 2.89. The van der Waals surface area contributed by atoms with Gasteiger partial charge in [0.25, 0.3) is 5.91 Å². The lowest BCUT2D eigenvalue weighted by Crippen LogP contribution is -2.48. The first kappa shape index (κ1) is 13.9. The predicted molar refractivity (Wildman–Crippen MR) is 74.9 cm³/mol. The number of nitrogens with two attached hydrogens (primary N) is 1. The van der Waals surface area contributed by atoms with Gasteiger partial charge in [-0.1, -0.05) is 0 Å². The molecule has 1 heterocycles. The largest absolute Gasteiger partial charge is 0.480 e. The quantitative estimate of drug-likeness (QED) is 0.815. The molecule has 1 amide bonds. The van der Waals surface area contributed by atoms with Crippen LogP contribution in [-0.4, -0.2) is 34.5 Å². The van der Waals surface area contributed by atoms with Crippen molar-refractivity contribution in [2.75, 3.05) is 12.3 Å². The van der Waals surface area contributed by atoms with Crippen LogP contribution in [0.2, 0.25) is 0 Å². The molecule has 0 radical (unpaired) electrons. The molecule has 0 aliphatic carbocycles. The van der Waals surface area contributed by atoms with Gasteiger partial charge in [-0.15, -0.1) is 0 Å². The first-order chi connectivity index (χ1) is 9.00. The zero-order valence-electron chi connectivity index (χ0n) is 10.3. The first-order valence-corrected chi connectivity index (χ1v) is 6.89. The number of carbonyl (C=O) groups is 2. The summed E-state index contributed by atoms with van der Waals surface area (Å²) >= 11 is 3.30. The Morgan fingerprint density at radius 3 is 2.79 bits per heavy atom. The van der Waals surface area contributed by atoms with E-state index in [1.54, 1.807) is 18.2 Å². The second-order valence-electron chi connectivity index (χ2n) is 4.59. The topological polar surface area (TPSA) is 83.6 Å². The van der Waals surface area contributed by atoms with Crippen LogP contribution < -0.4 is 5.73 Å². The van der Waals surface area contributed by atoms with E-state index in [2.05, 4.69) is 15.9 Å². The lowest BCUT2D eigenvalue weighted by molar-refractivity contribution is -0.143. The van der Waals surface area contributed by atoms with Crippen LogP contribution in [0.4, 0.5) is 5.69 Å². The molecule has 2 rings (SSSR count). The molecule has 1 aromatic rings. The van der Waals surface area contributed by atoms with Crippen molar-refractivity contribution in [3.8, 4) is 0 Å². The monoisotopic (exact) mass is 326 g/mol. The number of piperidine rings is 1. The fourth-order valence-electron chi connectivity index (χ4n) is 2.29. The van der Waals surface area contributed by atoms with Crippen molar-refractivity contribution in [2.24, 2.45) is 0 Å². The molecule has 102 valence electrons. The molecule has 1 saturated heterocycles. The smallest absolute Gasteiger partial charge is 0.326 e. The van der Waals surface area contributed by atoms with Crippen molar-refractivity contribution in [1.82, 2.24) is 4.90 Å². The zero-order valence-corrected chi connectivity index (χ0v) is 11.9. The van der Waals surface area contributed by atoms with Gasteiger partial charge in [0.15, 0.2) is 0 Å². The Hall–Kier alpha value is -1.56. The predicted octanol–water partition coefficient (Wildman–Crippen LogP) is 2.11. The van der Waals surface area contributed by atoms with Crippen LogP contribution in [0.25, 0.3) is 0 Å². The molecule has 6 heteroatoms. The van der Waals surface area contributed by atoms with Gasteiger partial charge in [0, 0.05) is 16.7 Å². The summed E-state index contributed by atoms with van der Waals surface area (Å²) in [4.78, 5) is 25.1. The van der Waals surface area contributed by atoms with Crippen molar-refractivity contribution in [3.05, 3.63) is 28.2 Å². The minimum absolute atomic E-state index is 0.286. The average molecular weight is 327 g/mol. The lowest BCUT2D eigenvalue weighted by atomic mass is 10.0. The molecule has 0 bridgehead atoms. The van der Waals surface area contributed by atoms with Gasteiger partial charge in [-0.25, -0.2) is 4.79 Å². The summed E-state index contributed by atoms with van der Waals surface area (Å²) in [6.45, 7) is 0.469. The van der Waals surface area contributed by atoms with Gasteiger partial charge in [-0.2, -0.15) is 0 Å². The molecule has 0 saturated carbocycles. The first-order valence-electron chi connectivity index (χ1n) is 6.09. The second-order valence-corrected chi connectivity index (χ2v) is 5.44. The van der Waals surface area contributed by atoms with E-state index in [0.29, 0.717) is 28.7 Å². The third-order valence-corrected chi connectivity index (χ3v) is 3.96. The summed E-state index contributed by atoms with van der Waals surface area (Å²) < 4.78 is 0.626. The van der Waals surface area contributed by atoms with Gasteiger partial charge in [-0.05, 0) is 53.4 Å². The Balaban J connectivity index is 2.31. The van der Waals surface area contributed by atoms with Gasteiger partial charge in [0.1, 0.15) is 6.04 Å². The molecule has 1 fully saturated rings. The molecule has 19 heavy (non-hydrogen) atoms. The Bertz CT molecular complexity index is 519. The number of carboxylic acids is 1. The molecule has 1 aliphatic heterocycles. The van der Waals surface area contributed by atoms with Crippen molar-refractivity contribution in [1.29, 1.82) is 0 Å². The van der Waals surface area contributed by atoms with Crippen molar-refractivity contribution in [2.45, 2.75) is 25.3 Å². The zero-order chi connectivity index (χ0) is 14.0. The number of anilines is 1. The highest BCUT2D eigenvalue weighted by molar-refractivity contribution is 9.10. The van der Waals surface area contributed by atoms with Crippen molar-refractivity contribution < 1.29 is 14.7 Å². The Morgan fingerprint density at radius 1 is 1.37 bits per heavy atom. The standard InChI is InChI=1S/C13H15BrN2O3/c14-10-5-4-8(15)7-9(10)12(17)16-6-2-1-3-11(16)13(18)19/h4-5,7,11H,1-3,6,15H2,(H,18,19). The summed E-state index contributed by atoms with van der Waals surface area (Å²) in [5.41, 5.74) is 6.57. The Morgan fingerprint density at radius 2 is 2.11 bits per heavy atom. The number of hydrogen-bond donors (Lipinski definition) is 2. The molecule has 1 atom stereocenters. The maximum Gasteiger partial charge on any atom is 0.326 e. The van der Waals surface area contributed by atoms with E-state index < -0.39 is 12.0 Å². The molecular formula is C13H15BrN2O3. The van der Waals surface area contributed by atoms with Crippen LogP contribution >= 0.6 is 15.9 Å². The molecule has 3 N–H and O–H groups in total. The highest BCUT2D eigenvalue weighted by Gasteiger charge is 2.33. The summed E-state index contributed by atoms with van der Waals surface area (Å²) in [5, 5.41) is 9.20. The van der Waals surface area contributed by atoms with Crippen molar-refractivity contribution in [3.63, 3.8) is 0 Å². The van der Waals surface area contributed by atoms with Gasteiger partial charge in [0.2, 0.25) is 0 Å². The summed E-state index contributed by atoms with van der Waals surface area (Å²) in [6, 6.07) is 4.21. The third-order valence-electron chi connectivity index (χ3n) is 3.27. The molecular weight excluding hydrogens is 312 g/mol. The normalized spacial score (nSPS) is 19.2. The fourth-order valence-corrected chi connectivity index (χ4v) is 2.71. The van der Waals surface area contributed by atoms with Gasteiger partial charge >= 0.3 is 5.97 Å². The Labute approximate surface area is 119 Å². The SMILES string of the molecule is Nc1ccc(Br)c(C(=O)N2CCCCC2C(=O)O)c1. The van der Waals surface area contributed by atoms with Crippen LogP contribution in [0.1, 0.15) is 29.6 Å². The van der Waals surface area contributed by atoms with E-state index in [9.17, 15) is 14.7 Å². The van der Waals surface area contributed by atoms with Crippen molar-refractivity contribution >= 4 is 33.5 Å². The van der Waals surface area contributed by atoms with Gasteiger partial charge < -0.3 is 15.7 Å². The van der Waals surface area contributed by atoms with Crippen LogP contribution in [0.5, 0.6) is 0 Å². The molecule has 1 aromatic carbocycles. The molecule has 5 nitrogen and oxygen atoms in total. The maximum atomic E-state index is 12.5. The molecule has 1 aliphatic rings. The Kier molecular flexibility index (Phi) is 4.09. The van der Waals surface area contributed by atoms with E-state index in [1.165, 1.54) is 4.90 Å². The number of halogens is 1. The lowest BCUT2D eigenvalue weighted by Gasteiger charge is -2.33. The van der Waals surface area contributed by atoms with E-state index >= 15 is 0 Å². The number of likely N-dealkylation sites (tertiary alicyclic amines) is 1. The number of carbonyl (C=O) groups excluding carboxylic acids is 1. The molecule has 0 spiro atoms. The van der Waals surface area contributed by atoms with Gasteiger partial charge in [-0.3, -0.25) is 4.79 Å². The number of carboxylic acid groups (broad SMARTS) is 1. The summed E-state index contributed by atoms with van der Waals surface area (Å²) in [5.74, 6) is -1.24. The average Bonchev–Trinajstić information content (AvgIpc) is 2.40. The van der Waals surface area contributed by atoms with E-state index in [0.717, 1.165) is 12.8 Å². The highest BCUT2D eigenvalue weighted by Crippen LogP contribution is 2.25. The van der Waals surface area contributed by atoms with E-state index in [1.807, 2.05) is 0 Å². The number of nitrogens with zero attached hydrogens (tertiary/aromatic N) is 1. The second kappa shape index (κ2) is 5.61. The van der Waals surface area contributed by atoms with Gasteiger partial charge in [0.05, 0.1) is 5.56 Å². The summed E-state index contributed by atoms with van der Waals surface area (Å²) in [7, 11) is 0. The molecule has 0 aromatic heterocycles. The minimum Gasteiger partial charge on any atom is -0.480 e. The number of rotatable bonds is 2. The minimum atomic E-state index is -0.951. The van der Waals surface area contributed by atoms with Crippen LogP contribution in [0.3, 0.4) is 0 Å². The van der Waals surface area contributed by atoms with Crippen LogP contribution in [0.15, 0.2) is 22.7 Å². The van der Waals surface area contributed by atoms with E-state index in [-0.39, 0.29) is 5.91 Å². The van der Waals surface area contributed by atoms with Crippen LogP contribution in [0, 0.1) is 0 Å². The summed E-state index contributed by atoms with van der Waals surface area (Å²) in [6.07, 6.45) is 2.16. The number of hydrogen-bond acceptors (Lipinski definition) is 3. The van der Waals surface area contributed by atoms with Crippen LogP contribution in [-0.2, 0) is 4.79 Å². The number of aliphatic carboxylic acids is 1. The highest BCUT2D eigenvalue weighted by atomic mass is 79.9. The number of benzene rings is 1.